The maximum atomic E-state index is 12.5. The van der Waals surface area contributed by atoms with Crippen LogP contribution in [0.25, 0.3) is 6.08 Å². The molecular weight excluding hydrogens is 344 g/mol. The third kappa shape index (κ3) is 6.31. The van der Waals surface area contributed by atoms with Crippen LogP contribution in [-0.4, -0.2) is 48.7 Å². The number of amides is 2. The molecule has 2 rings (SSSR count). The van der Waals surface area contributed by atoms with Crippen molar-refractivity contribution < 1.29 is 19.1 Å². The maximum absolute atomic E-state index is 12.5. The van der Waals surface area contributed by atoms with Crippen molar-refractivity contribution in [2.45, 2.75) is 51.7 Å². The number of likely N-dealkylation sites (tertiary alicyclic amines) is 1. The molecule has 1 heterocycles. The lowest BCUT2D eigenvalue weighted by Gasteiger charge is -2.33. The van der Waals surface area contributed by atoms with Crippen LogP contribution in [0.15, 0.2) is 24.8 Å². The van der Waals surface area contributed by atoms with Crippen LogP contribution in [0.2, 0.25) is 0 Å². The minimum atomic E-state index is -0.499. The molecule has 0 spiro atoms. The predicted molar refractivity (Wildman–Crippen MR) is 106 cm³/mol. The summed E-state index contributed by atoms with van der Waals surface area (Å²) in [6.45, 7) is 10.5. The van der Waals surface area contributed by atoms with Gasteiger partial charge in [-0.1, -0.05) is 18.7 Å². The van der Waals surface area contributed by atoms with Crippen LogP contribution in [-0.2, 0) is 16.0 Å². The molecule has 0 radical (unpaired) electrons. The van der Waals surface area contributed by atoms with Crippen LogP contribution in [0.5, 0.6) is 5.75 Å². The minimum Gasteiger partial charge on any atom is -0.496 e. The Labute approximate surface area is 161 Å². The molecule has 1 aliphatic rings. The highest BCUT2D eigenvalue weighted by atomic mass is 16.6. The molecule has 6 heteroatoms. The number of nitrogens with one attached hydrogen (secondary N) is 1. The zero-order chi connectivity index (χ0) is 20.0. The standard InChI is InChI=1S/C21H30N2O4/c1-6-15-7-8-18(26-5)16(13-15)14-19(24)22-17-9-11-23(12-10-17)20(25)27-21(2,3)4/h6-8,13,17H,1,9-12,14H2,2-5H3,(H,22,24). The van der Waals surface area contributed by atoms with Crippen LogP contribution in [0.1, 0.15) is 44.7 Å². The molecule has 1 N–H and O–H groups in total. The topological polar surface area (TPSA) is 67.9 Å². The first-order valence-corrected chi connectivity index (χ1v) is 9.28. The molecule has 1 fully saturated rings. The van der Waals surface area contributed by atoms with Gasteiger partial charge in [0.25, 0.3) is 0 Å². The molecule has 0 aliphatic carbocycles. The monoisotopic (exact) mass is 374 g/mol. The molecule has 1 aromatic rings. The van der Waals surface area contributed by atoms with E-state index in [1.807, 2.05) is 39.0 Å². The second-order valence-corrected chi connectivity index (χ2v) is 7.76. The van der Waals surface area contributed by atoms with Crippen molar-refractivity contribution >= 4 is 18.1 Å². The molecule has 1 aromatic carbocycles. The quantitative estimate of drug-likeness (QED) is 0.858. The molecule has 1 aliphatic heterocycles. The Morgan fingerprint density at radius 2 is 1.96 bits per heavy atom. The largest absolute Gasteiger partial charge is 0.496 e. The van der Waals surface area contributed by atoms with Gasteiger partial charge in [-0.3, -0.25) is 4.79 Å². The van der Waals surface area contributed by atoms with Gasteiger partial charge in [-0.25, -0.2) is 4.79 Å². The number of methoxy groups -OCH3 is 1. The summed E-state index contributed by atoms with van der Waals surface area (Å²) in [5, 5.41) is 3.06. The van der Waals surface area contributed by atoms with Gasteiger partial charge in [-0.05, 0) is 51.3 Å². The molecule has 0 atom stereocenters. The number of benzene rings is 1. The van der Waals surface area contributed by atoms with Crippen LogP contribution in [0, 0.1) is 0 Å². The van der Waals surface area contributed by atoms with Gasteiger partial charge in [0.15, 0.2) is 0 Å². The zero-order valence-electron chi connectivity index (χ0n) is 16.7. The third-order valence-corrected chi connectivity index (χ3v) is 4.40. The van der Waals surface area contributed by atoms with Gasteiger partial charge in [0.2, 0.25) is 5.91 Å². The molecule has 2 amide bonds. The first-order chi connectivity index (χ1) is 12.7. The van der Waals surface area contributed by atoms with E-state index in [2.05, 4.69) is 11.9 Å². The van der Waals surface area contributed by atoms with Crippen LogP contribution in [0.3, 0.4) is 0 Å². The summed E-state index contributed by atoms with van der Waals surface area (Å²) in [5.74, 6) is 0.640. The van der Waals surface area contributed by atoms with Gasteiger partial charge in [0.05, 0.1) is 13.5 Å². The van der Waals surface area contributed by atoms with E-state index in [4.69, 9.17) is 9.47 Å². The molecule has 0 bridgehead atoms. The van der Waals surface area contributed by atoms with Crippen molar-refractivity contribution in [3.63, 3.8) is 0 Å². The lowest BCUT2D eigenvalue weighted by atomic mass is 10.0. The van der Waals surface area contributed by atoms with E-state index in [1.165, 1.54) is 0 Å². The lowest BCUT2D eigenvalue weighted by Crippen LogP contribution is -2.48. The highest BCUT2D eigenvalue weighted by molar-refractivity contribution is 5.80. The van der Waals surface area contributed by atoms with E-state index in [1.54, 1.807) is 18.1 Å². The molecule has 148 valence electrons. The average Bonchev–Trinajstić information content (AvgIpc) is 2.60. The van der Waals surface area contributed by atoms with Crippen LogP contribution >= 0.6 is 0 Å². The van der Waals surface area contributed by atoms with Crippen molar-refractivity contribution in [3.8, 4) is 5.75 Å². The van der Waals surface area contributed by atoms with E-state index in [-0.39, 0.29) is 24.5 Å². The fraction of sp³-hybridized carbons (Fsp3) is 0.524. The number of ether oxygens (including phenoxy) is 2. The van der Waals surface area contributed by atoms with Gasteiger partial charge in [0, 0.05) is 24.7 Å². The smallest absolute Gasteiger partial charge is 0.410 e. The second kappa shape index (κ2) is 8.93. The van der Waals surface area contributed by atoms with Gasteiger partial charge < -0.3 is 19.7 Å². The molecule has 27 heavy (non-hydrogen) atoms. The Morgan fingerprint density at radius 3 is 2.52 bits per heavy atom. The highest BCUT2D eigenvalue weighted by Crippen LogP contribution is 2.21. The predicted octanol–water partition coefficient (Wildman–Crippen LogP) is 3.40. The van der Waals surface area contributed by atoms with Gasteiger partial charge in [0.1, 0.15) is 11.4 Å². The van der Waals surface area contributed by atoms with Crippen LogP contribution in [0.4, 0.5) is 4.79 Å². The number of rotatable bonds is 5. The second-order valence-electron chi connectivity index (χ2n) is 7.76. The molecule has 0 unspecified atom stereocenters. The Morgan fingerprint density at radius 1 is 1.30 bits per heavy atom. The third-order valence-electron chi connectivity index (χ3n) is 4.40. The Hall–Kier alpha value is -2.50. The highest BCUT2D eigenvalue weighted by Gasteiger charge is 2.27. The molecule has 6 nitrogen and oxygen atoms in total. The summed E-state index contributed by atoms with van der Waals surface area (Å²) >= 11 is 0. The fourth-order valence-corrected chi connectivity index (χ4v) is 3.05. The van der Waals surface area contributed by atoms with E-state index < -0.39 is 5.60 Å². The number of nitrogens with zero attached hydrogens (tertiary/aromatic N) is 1. The summed E-state index contributed by atoms with van der Waals surface area (Å²) in [6, 6.07) is 5.72. The molecule has 1 saturated heterocycles. The van der Waals surface area contributed by atoms with Crippen molar-refractivity contribution in [2.24, 2.45) is 0 Å². The first-order valence-electron chi connectivity index (χ1n) is 9.28. The van der Waals surface area contributed by atoms with Gasteiger partial charge in [-0.2, -0.15) is 0 Å². The Bertz CT molecular complexity index is 686. The van der Waals surface area contributed by atoms with E-state index in [0.29, 0.717) is 18.8 Å². The Balaban J connectivity index is 1.86. The Kier molecular flexibility index (Phi) is 6.88. The molecular formula is C21H30N2O4. The summed E-state index contributed by atoms with van der Waals surface area (Å²) < 4.78 is 10.7. The number of carbonyl (C=O) groups excluding carboxylic acids is 2. The maximum Gasteiger partial charge on any atom is 0.410 e. The SMILES string of the molecule is C=Cc1ccc(OC)c(CC(=O)NC2CCN(C(=O)OC(C)(C)C)CC2)c1. The van der Waals surface area contributed by atoms with E-state index >= 15 is 0 Å². The van der Waals surface area contributed by atoms with Crippen LogP contribution < -0.4 is 10.1 Å². The minimum absolute atomic E-state index is 0.0507. The number of hydrogen-bond acceptors (Lipinski definition) is 4. The van der Waals surface area contributed by atoms with E-state index in [9.17, 15) is 9.59 Å². The lowest BCUT2D eigenvalue weighted by molar-refractivity contribution is -0.121. The fourth-order valence-electron chi connectivity index (χ4n) is 3.05. The van der Waals surface area contributed by atoms with Gasteiger partial charge >= 0.3 is 6.09 Å². The van der Waals surface area contributed by atoms with E-state index in [0.717, 1.165) is 24.0 Å². The summed E-state index contributed by atoms with van der Waals surface area (Å²) in [5.41, 5.74) is 1.28. The van der Waals surface area contributed by atoms with Crippen molar-refractivity contribution in [3.05, 3.63) is 35.9 Å². The number of carbonyl (C=O) groups is 2. The zero-order valence-corrected chi connectivity index (χ0v) is 16.7. The summed E-state index contributed by atoms with van der Waals surface area (Å²) in [7, 11) is 1.59. The molecule has 0 saturated carbocycles. The number of piperidine rings is 1. The molecule has 0 aromatic heterocycles. The summed E-state index contributed by atoms with van der Waals surface area (Å²) in [4.78, 5) is 26.3. The van der Waals surface area contributed by atoms with Crippen molar-refractivity contribution in [2.75, 3.05) is 20.2 Å². The van der Waals surface area contributed by atoms with Crippen molar-refractivity contribution in [1.82, 2.24) is 10.2 Å². The van der Waals surface area contributed by atoms with Crippen molar-refractivity contribution in [1.29, 1.82) is 0 Å². The average molecular weight is 374 g/mol. The number of hydrogen-bond donors (Lipinski definition) is 1. The first kappa shape index (κ1) is 20.8. The summed E-state index contributed by atoms with van der Waals surface area (Å²) in [6.07, 6.45) is 3.13. The normalized spacial score (nSPS) is 15.2. The van der Waals surface area contributed by atoms with Gasteiger partial charge in [-0.15, -0.1) is 0 Å².